The second kappa shape index (κ2) is 10.1. The molecule has 222 valence electrons. The number of alkyl halides is 6. The summed E-state index contributed by atoms with van der Waals surface area (Å²) in [6.07, 6.45) is -10.0. The molecule has 2 N–H and O–H groups in total. The van der Waals surface area contributed by atoms with Crippen molar-refractivity contribution in [2.75, 3.05) is 23.3 Å². The van der Waals surface area contributed by atoms with Gasteiger partial charge >= 0.3 is 12.4 Å². The molecule has 1 amide bonds. The predicted octanol–water partition coefficient (Wildman–Crippen LogP) is 6.64. The van der Waals surface area contributed by atoms with Gasteiger partial charge in [-0.05, 0) is 49.8 Å². The summed E-state index contributed by atoms with van der Waals surface area (Å²) in [5.74, 6) is -4.35. The Labute approximate surface area is 229 Å². The van der Waals surface area contributed by atoms with Gasteiger partial charge in [-0.2, -0.15) is 26.3 Å². The molecule has 41 heavy (non-hydrogen) atoms. The molecule has 6 nitrogen and oxygen atoms in total. The van der Waals surface area contributed by atoms with Gasteiger partial charge in [-0.3, -0.25) is 4.79 Å². The maximum absolute atomic E-state index is 15.7. The highest BCUT2D eigenvalue weighted by atomic mass is 19.4. The van der Waals surface area contributed by atoms with Crippen LogP contribution < -0.4 is 15.5 Å². The van der Waals surface area contributed by atoms with E-state index in [4.69, 9.17) is 0 Å². The quantitative estimate of drug-likeness (QED) is 0.317. The molecule has 1 aliphatic carbocycles. The number of halogens is 8. The van der Waals surface area contributed by atoms with Crippen LogP contribution in [0, 0.1) is 29.9 Å². The van der Waals surface area contributed by atoms with Crippen molar-refractivity contribution < 1.29 is 39.9 Å². The number of aryl methyl sites for hydroxylation is 2. The first kappa shape index (κ1) is 28.9. The Morgan fingerprint density at radius 1 is 1.07 bits per heavy atom. The topological polar surface area (TPSA) is 62.2 Å². The lowest BCUT2D eigenvalue weighted by atomic mass is 9.96. The van der Waals surface area contributed by atoms with Crippen molar-refractivity contribution in [1.29, 1.82) is 0 Å². The molecule has 1 saturated carbocycles. The SMILES string of the molecule is Cc1ccc(CNC(=O)C2(C(F)(F)F)CC2)cc1Nc1nc2cc(F)c(N3CCC(C(F)(F)F)CC3)c(F)c2n1C. The molecule has 1 aliphatic heterocycles. The number of hydrogen-bond acceptors (Lipinski definition) is 4. The fraction of sp³-hybridized carbons (Fsp3) is 0.481. The third-order valence-electron chi connectivity index (χ3n) is 8.03. The van der Waals surface area contributed by atoms with Crippen molar-refractivity contribution in [2.24, 2.45) is 18.4 Å². The lowest BCUT2D eigenvalue weighted by Crippen LogP contribution is -2.40. The van der Waals surface area contributed by atoms with Gasteiger partial charge in [-0.1, -0.05) is 12.1 Å². The van der Waals surface area contributed by atoms with Crippen LogP contribution in [0.1, 0.15) is 36.8 Å². The standard InChI is InChI=1S/C27H27F8N5O/c1-14-3-4-15(13-36-23(41)25(7-8-25)27(33,34)35)11-18(14)37-24-38-19-12-17(28)21(20(29)22(19)39(24)2)40-9-5-16(6-10-40)26(30,31)32/h3-4,11-12,16H,5-10,13H2,1-2H3,(H,36,41)(H,37,38). The van der Waals surface area contributed by atoms with Crippen molar-refractivity contribution in [1.82, 2.24) is 14.9 Å². The number of amides is 1. The van der Waals surface area contributed by atoms with E-state index in [2.05, 4.69) is 15.6 Å². The van der Waals surface area contributed by atoms with Crippen LogP contribution in [0.2, 0.25) is 0 Å². The van der Waals surface area contributed by atoms with E-state index in [1.807, 2.05) is 0 Å². The van der Waals surface area contributed by atoms with Crippen molar-refractivity contribution in [2.45, 2.75) is 51.5 Å². The van der Waals surface area contributed by atoms with E-state index in [1.165, 1.54) is 16.5 Å². The lowest BCUT2D eigenvalue weighted by Gasteiger charge is -2.34. The highest BCUT2D eigenvalue weighted by molar-refractivity contribution is 5.86. The van der Waals surface area contributed by atoms with E-state index in [-0.39, 0.29) is 62.3 Å². The molecule has 2 fully saturated rings. The number of benzene rings is 2. The van der Waals surface area contributed by atoms with Crippen LogP contribution in [-0.2, 0) is 18.4 Å². The van der Waals surface area contributed by atoms with E-state index in [9.17, 15) is 31.1 Å². The number of rotatable bonds is 6. The first-order chi connectivity index (χ1) is 19.1. The summed E-state index contributed by atoms with van der Waals surface area (Å²) < 4.78 is 111. The molecule has 0 atom stereocenters. The molecule has 2 aliphatic rings. The molecule has 14 heteroatoms. The van der Waals surface area contributed by atoms with Gasteiger partial charge in [-0.25, -0.2) is 13.8 Å². The number of nitrogens with zero attached hydrogens (tertiary/aromatic N) is 3. The van der Waals surface area contributed by atoms with Gasteiger partial charge < -0.3 is 20.1 Å². The molecule has 5 rings (SSSR count). The summed E-state index contributed by atoms with van der Waals surface area (Å²) in [5.41, 5.74) is -1.12. The Morgan fingerprint density at radius 3 is 2.32 bits per heavy atom. The van der Waals surface area contributed by atoms with Crippen LogP contribution in [0.3, 0.4) is 0 Å². The molecule has 0 bridgehead atoms. The van der Waals surface area contributed by atoms with Crippen LogP contribution >= 0.6 is 0 Å². The maximum Gasteiger partial charge on any atom is 0.403 e. The summed E-state index contributed by atoms with van der Waals surface area (Å²) in [4.78, 5) is 17.8. The molecule has 0 spiro atoms. The first-order valence-corrected chi connectivity index (χ1v) is 13.0. The zero-order valence-electron chi connectivity index (χ0n) is 22.1. The molecule has 3 aromatic rings. The molecule has 0 radical (unpaired) electrons. The minimum Gasteiger partial charge on any atom is -0.367 e. The summed E-state index contributed by atoms with van der Waals surface area (Å²) in [5, 5.41) is 5.37. The third-order valence-corrected chi connectivity index (χ3v) is 8.03. The highest BCUT2D eigenvalue weighted by Crippen LogP contribution is 2.57. The number of carbonyl (C=O) groups excluding carboxylic acids is 1. The first-order valence-electron chi connectivity index (χ1n) is 13.0. The number of imidazole rings is 1. The van der Waals surface area contributed by atoms with E-state index >= 15 is 8.78 Å². The summed E-state index contributed by atoms with van der Waals surface area (Å²) in [6.45, 7) is 1.29. The molecule has 1 saturated heterocycles. The van der Waals surface area contributed by atoms with Crippen molar-refractivity contribution in [3.63, 3.8) is 0 Å². The Morgan fingerprint density at radius 2 is 1.73 bits per heavy atom. The van der Waals surface area contributed by atoms with Crippen LogP contribution in [0.4, 0.5) is 52.4 Å². The van der Waals surface area contributed by atoms with Gasteiger partial charge in [0.15, 0.2) is 11.6 Å². The number of aromatic nitrogens is 2. The van der Waals surface area contributed by atoms with Gasteiger partial charge in [0.1, 0.15) is 16.6 Å². The van der Waals surface area contributed by atoms with Crippen LogP contribution in [-0.4, -0.2) is 40.9 Å². The van der Waals surface area contributed by atoms with E-state index in [0.717, 1.165) is 6.07 Å². The normalized spacial score (nSPS) is 17.7. The zero-order chi connectivity index (χ0) is 29.9. The minimum absolute atomic E-state index is 0.0121. The average molecular weight is 590 g/mol. The fourth-order valence-corrected chi connectivity index (χ4v) is 5.27. The Balaban J connectivity index is 1.36. The number of nitrogens with one attached hydrogen (secondary N) is 2. The number of hydrogen-bond donors (Lipinski definition) is 2. The van der Waals surface area contributed by atoms with Crippen molar-refractivity contribution in [3.8, 4) is 0 Å². The number of fused-ring (bicyclic) bond motifs is 1. The molecular formula is C27H27F8N5O. The predicted molar refractivity (Wildman–Crippen MR) is 136 cm³/mol. The fourth-order valence-electron chi connectivity index (χ4n) is 5.27. The largest absolute Gasteiger partial charge is 0.403 e. The van der Waals surface area contributed by atoms with E-state index in [0.29, 0.717) is 16.8 Å². The highest BCUT2D eigenvalue weighted by Gasteiger charge is 2.68. The van der Waals surface area contributed by atoms with Gasteiger partial charge in [0.2, 0.25) is 11.9 Å². The second-order valence-electron chi connectivity index (χ2n) is 10.7. The molecule has 2 heterocycles. The smallest absolute Gasteiger partial charge is 0.367 e. The van der Waals surface area contributed by atoms with Crippen LogP contribution in [0.5, 0.6) is 0 Å². The minimum atomic E-state index is -4.62. The van der Waals surface area contributed by atoms with Crippen molar-refractivity contribution >= 4 is 34.3 Å². The summed E-state index contributed by atoms with van der Waals surface area (Å²) in [6, 6.07) is 5.97. The molecule has 2 aromatic carbocycles. The third kappa shape index (κ3) is 5.28. The van der Waals surface area contributed by atoms with E-state index < -0.39 is 46.9 Å². The Hall–Kier alpha value is -3.58. The second-order valence-corrected chi connectivity index (χ2v) is 10.7. The van der Waals surface area contributed by atoms with E-state index in [1.54, 1.807) is 25.1 Å². The maximum atomic E-state index is 15.7. The number of piperidine rings is 1. The van der Waals surface area contributed by atoms with Crippen LogP contribution in [0.25, 0.3) is 11.0 Å². The number of anilines is 3. The lowest BCUT2D eigenvalue weighted by molar-refractivity contribution is -0.192. The number of carbonyl (C=O) groups is 1. The monoisotopic (exact) mass is 589 g/mol. The van der Waals surface area contributed by atoms with Crippen molar-refractivity contribution in [3.05, 3.63) is 47.0 Å². The van der Waals surface area contributed by atoms with Gasteiger partial charge in [0.05, 0.1) is 11.4 Å². The summed E-state index contributed by atoms with van der Waals surface area (Å²) in [7, 11) is 1.49. The zero-order valence-corrected chi connectivity index (χ0v) is 22.1. The average Bonchev–Trinajstić information content (AvgIpc) is 3.65. The summed E-state index contributed by atoms with van der Waals surface area (Å²) >= 11 is 0. The van der Waals surface area contributed by atoms with Crippen LogP contribution in [0.15, 0.2) is 24.3 Å². The Bertz CT molecular complexity index is 1480. The molecule has 0 unspecified atom stereocenters. The molecule has 1 aromatic heterocycles. The Kier molecular flexibility index (Phi) is 7.09. The van der Waals surface area contributed by atoms with Gasteiger partial charge in [0, 0.05) is 38.4 Å². The van der Waals surface area contributed by atoms with Gasteiger partial charge in [-0.15, -0.1) is 0 Å². The molecular weight excluding hydrogens is 562 g/mol. The van der Waals surface area contributed by atoms with Gasteiger partial charge in [0.25, 0.3) is 0 Å².